The number of carbonyl (C=O) groups excluding carboxylic acids is 2. The van der Waals surface area contributed by atoms with Crippen molar-refractivity contribution in [3.05, 3.63) is 0 Å². The Morgan fingerprint density at radius 3 is 2.14 bits per heavy atom. The largest absolute Gasteiger partial charge is 0.394 e. The highest BCUT2D eigenvalue weighted by molar-refractivity contribution is 6.53. The molecule has 0 bridgehead atoms. The van der Waals surface area contributed by atoms with Crippen LogP contribution in [-0.4, -0.2) is 91.8 Å². The lowest BCUT2D eigenvalue weighted by molar-refractivity contribution is -0.192. The summed E-state index contributed by atoms with van der Waals surface area (Å²) in [6, 6.07) is 0. The lowest BCUT2D eigenvalue weighted by Gasteiger charge is -2.23. The highest BCUT2D eigenvalue weighted by Gasteiger charge is 2.31. The highest BCUT2D eigenvalue weighted by Crippen LogP contribution is 2.08. The molecule has 0 fully saturated rings. The van der Waals surface area contributed by atoms with Crippen LogP contribution in [0.15, 0.2) is 0 Å². The number of halogens is 2. The lowest BCUT2D eigenvalue weighted by atomic mass is 10.1. The Kier molecular flexibility index (Phi) is 9.99. The molecule has 0 saturated heterocycles. The maximum Gasteiger partial charge on any atom is 0.279 e. The molecule has 21 heavy (non-hydrogen) atoms. The van der Waals surface area contributed by atoms with Gasteiger partial charge in [-0.2, -0.15) is 0 Å². The van der Waals surface area contributed by atoms with Crippen molar-refractivity contribution in [2.75, 3.05) is 26.4 Å². The molecular weight excluding hydrogens is 333 g/mol. The van der Waals surface area contributed by atoms with Crippen LogP contribution in [-0.2, 0) is 14.4 Å². The SMILES string of the molecule is O=C(CON(CCO)C(=O)C(Cl)Cl)[C@H](O)[C@@H](O)[C@H](O)CO. The van der Waals surface area contributed by atoms with E-state index in [-0.39, 0.29) is 6.54 Å². The first-order valence-corrected chi connectivity index (χ1v) is 6.64. The fourth-order valence-corrected chi connectivity index (χ4v) is 1.39. The minimum atomic E-state index is -2.03. The molecule has 0 aromatic rings. The topological polar surface area (TPSA) is 148 Å². The number of hydrogen-bond acceptors (Lipinski definition) is 8. The first-order chi connectivity index (χ1) is 9.76. The average molecular weight is 350 g/mol. The molecule has 0 unspecified atom stereocenters. The van der Waals surface area contributed by atoms with Gasteiger partial charge in [0.15, 0.2) is 10.6 Å². The molecule has 11 heteroatoms. The molecule has 3 atom stereocenters. The maximum atomic E-state index is 11.5. The zero-order chi connectivity index (χ0) is 16.6. The fraction of sp³-hybridized carbons (Fsp3) is 0.800. The number of aliphatic hydroxyl groups is 5. The Balaban J connectivity index is 4.52. The molecule has 0 rings (SSSR count). The van der Waals surface area contributed by atoms with E-state index in [0.29, 0.717) is 5.06 Å². The van der Waals surface area contributed by atoms with Crippen LogP contribution in [0.25, 0.3) is 0 Å². The summed E-state index contributed by atoms with van der Waals surface area (Å²) >= 11 is 10.6. The van der Waals surface area contributed by atoms with E-state index in [1.165, 1.54) is 0 Å². The van der Waals surface area contributed by atoms with E-state index in [1.54, 1.807) is 0 Å². The number of hydrogen-bond donors (Lipinski definition) is 5. The summed E-state index contributed by atoms with van der Waals surface area (Å²) < 4.78 is 0. The molecule has 0 aliphatic heterocycles. The Bertz CT molecular complexity index is 343. The maximum absolute atomic E-state index is 11.5. The van der Waals surface area contributed by atoms with Crippen molar-refractivity contribution in [3.63, 3.8) is 0 Å². The number of alkyl halides is 2. The van der Waals surface area contributed by atoms with E-state index in [9.17, 15) is 19.8 Å². The zero-order valence-electron chi connectivity index (χ0n) is 10.8. The van der Waals surface area contributed by atoms with E-state index >= 15 is 0 Å². The van der Waals surface area contributed by atoms with Crippen molar-refractivity contribution in [2.45, 2.75) is 23.1 Å². The van der Waals surface area contributed by atoms with Gasteiger partial charge in [0.25, 0.3) is 5.91 Å². The van der Waals surface area contributed by atoms with Crippen LogP contribution in [0.3, 0.4) is 0 Å². The predicted octanol–water partition coefficient (Wildman–Crippen LogP) is -2.81. The predicted molar refractivity (Wildman–Crippen MR) is 70.4 cm³/mol. The van der Waals surface area contributed by atoms with Crippen LogP contribution >= 0.6 is 23.2 Å². The van der Waals surface area contributed by atoms with Crippen LogP contribution < -0.4 is 0 Å². The Hall–Kier alpha value is -0.520. The van der Waals surface area contributed by atoms with Crippen molar-refractivity contribution in [3.8, 4) is 0 Å². The van der Waals surface area contributed by atoms with Gasteiger partial charge in [-0.3, -0.25) is 14.4 Å². The zero-order valence-corrected chi connectivity index (χ0v) is 12.3. The molecule has 0 aromatic carbocycles. The molecule has 124 valence electrons. The molecule has 0 saturated carbocycles. The monoisotopic (exact) mass is 349 g/mol. The summed E-state index contributed by atoms with van der Waals surface area (Å²) in [6.07, 6.45) is -5.66. The molecular formula is C10H17Cl2NO8. The molecule has 0 heterocycles. The Morgan fingerprint density at radius 2 is 1.71 bits per heavy atom. The summed E-state index contributed by atoms with van der Waals surface area (Å²) in [4.78, 5) is 26.2. The van der Waals surface area contributed by atoms with E-state index < -0.39 is 54.7 Å². The number of carbonyl (C=O) groups is 2. The summed E-state index contributed by atoms with van der Waals surface area (Å²) in [5, 5.41) is 45.7. The second kappa shape index (κ2) is 10.2. The number of Topliss-reactive ketones (excluding diaryl/α,β-unsaturated/α-hetero) is 1. The van der Waals surface area contributed by atoms with Gasteiger partial charge in [-0.25, -0.2) is 5.06 Å². The molecule has 9 nitrogen and oxygen atoms in total. The van der Waals surface area contributed by atoms with Crippen LogP contribution in [0, 0.1) is 0 Å². The molecule has 0 spiro atoms. The van der Waals surface area contributed by atoms with Gasteiger partial charge in [-0.1, -0.05) is 23.2 Å². The second-order valence-electron chi connectivity index (χ2n) is 3.89. The minimum absolute atomic E-state index is 0.319. The second-order valence-corrected chi connectivity index (χ2v) is 4.99. The van der Waals surface area contributed by atoms with Crippen LogP contribution in [0.2, 0.25) is 0 Å². The smallest absolute Gasteiger partial charge is 0.279 e. The first kappa shape index (κ1) is 20.5. The number of rotatable bonds is 10. The Labute approximate surface area is 130 Å². The van der Waals surface area contributed by atoms with Crippen molar-refractivity contribution < 1.29 is 40.0 Å². The van der Waals surface area contributed by atoms with Crippen LogP contribution in [0.4, 0.5) is 0 Å². The normalized spacial score (nSPS) is 15.6. The van der Waals surface area contributed by atoms with Gasteiger partial charge < -0.3 is 25.5 Å². The lowest BCUT2D eigenvalue weighted by Crippen LogP contribution is -2.46. The van der Waals surface area contributed by atoms with E-state index in [0.717, 1.165) is 0 Å². The fourth-order valence-electron chi connectivity index (χ4n) is 1.17. The van der Waals surface area contributed by atoms with Gasteiger partial charge in [0.2, 0.25) is 0 Å². The molecule has 0 aliphatic carbocycles. The van der Waals surface area contributed by atoms with Crippen LogP contribution in [0.1, 0.15) is 0 Å². The first-order valence-electron chi connectivity index (χ1n) is 5.77. The molecule has 1 amide bonds. The molecule has 0 aromatic heterocycles. The van der Waals surface area contributed by atoms with Crippen molar-refractivity contribution in [1.29, 1.82) is 0 Å². The summed E-state index contributed by atoms with van der Waals surface area (Å²) in [6.45, 7) is -2.51. The third-order valence-electron chi connectivity index (χ3n) is 2.33. The quantitative estimate of drug-likeness (QED) is 0.209. The number of ketones is 1. The van der Waals surface area contributed by atoms with Gasteiger partial charge >= 0.3 is 0 Å². The number of nitrogens with zero attached hydrogens (tertiary/aromatic N) is 1. The Morgan fingerprint density at radius 1 is 1.14 bits per heavy atom. The minimum Gasteiger partial charge on any atom is -0.394 e. The third-order valence-corrected chi connectivity index (χ3v) is 2.71. The number of aliphatic hydroxyl groups excluding tert-OH is 5. The summed E-state index contributed by atoms with van der Waals surface area (Å²) in [7, 11) is 0. The van der Waals surface area contributed by atoms with Crippen molar-refractivity contribution in [2.24, 2.45) is 0 Å². The van der Waals surface area contributed by atoms with Gasteiger partial charge in [-0.15, -0.1) is 0 Å². The summed E-state index contributed by atoms with van der Waals surface area (Å²) in [5.74, 6) is -1.99. The number of hydroxylamine groups is 2. The molecule has 0 radical (unpaired) electrons. The van der Waals surface area contributed by atoms with Gasteiger partial charge in [0, 0.05) is 0 Å². The van der Waals surface area contributed by atoms with Gasteiger partial charge in [-0.05, 0) is 0 Å². The third kappa shape index (κ3) is 6.85. The van der Waals surface area contributed by atoms with E-state index in [4.69, 9.17) is 43.4 Å². The van der Waals surface area contributed by atoms with Gasteiger partial charge in [0.1, 0.15) is 24.9 Å². The standard InChI is InChI=1S/C10H17Cl2NO8/c11-9(12)10(20)13(1-2-14)21-4-6(17)8(19)7(18)5(16)3-15/h5,7-9,14-16,18-19H,1-4H2/t5-,7+,8+/m1/s1. The van der Waals surface area contributed by atoms with Gasteiger partial charge in [0.05, 0.1) is 19.8 Å². The van der Waals surface area contributed by atoms with E-state index in [1.807, 2.05) is 0 Å². The number of amides is 1. The van der Waals surface area contributed by atoms with E-state index in [2.05, 4.69) is 0 Å². The molecule has 0 aliphatic rings. The van der Waals surface area contributed by atoms with Crippen LogP contribution in [0.5, 0.6) is 0 Å². The molecule has 5 N–H and O–H groups in total. The highest BCUT2D eigenvalue weighted by atomic mass is 35.5. The van der Waals surface area contributed by atoms with Crippen molar-refractivity contribution >= 4 is 34.9 Å². The van der Waals surface area contributed by atoms with Crippen molar-refractivity contribution in [1.82, 2.24) is 5.06 Å². The summed E-state index contributed by atoms with van der Waals surface area (Å²) in [5.41, 5.74) is 0. The average Bonchev–Trinajstić information content (AvgIpc) is 2.47.